The van der Waals surface area contributed by atoms with E-state index in [0.29, 0.717) is 10.6 Å². The molecule has 3 rings (SSSR count). The van der Waals surface area contributed by atoms with Crippen LogP contribution in [0, 0.1) is 11.3 Å². The van der Waals surface area contributed by atoms with Crippen molar-refractivity contribution in [2.45, 2.75) is 19.1 Å². The first-order valence-corrected chi connectivity index (χ1v) is 7.00. The first-order chi connectivity index (χ1) is 9.69. The summed E-state index contributed by atoms with van der Waals surface area (Å²) in [7, 11) is 0. The first kappa shape index (κ1) is 13.1. The molecule has 6 heteroatoms. The van der Waals surface area contributed by atoms with Crippen LogP contribution in [0.5, 0.6) is 0 Å². The highest BCUT2D eigenvalue weighted by Gasteiger charge is 2.29. The highest BCUT2D eigenvalue weighted by atomic mass is 32.1. The third-order valence-electron chi connectivity index (χ3n) is 3.16. The number of hydrogen-bond acceptors (Lipinski definition) is 5. The molecule has 1 saturated heterocycles. The maximum absolute atomic E-state index is 11.1. The summed E-state index contributed by atoms with van der Waals surface area (Å²) >= 11 is 1.35. The number of nitrogens with zero attached hydrogens (tertiary/aromatic N) is 1. The number of nitriles is 1. The molecule has 2 aliphatic rings. The van der Waals surface area contributed by atoms with Gasteiger partial charge in [-0.2, -0.15) is 5.26 Å². The second-order valence-electron chi connectivity index (χ2n) is 4.51. The molecule has 0 saturated carbocycles. The van der Waals surface area contributed by atoms with E-state index in [2.05, 4.69) is 11.4 Å². The van der Waals surface area contributed by atoms with Gasteiger partial charge in [0.05, 0.1) is 5.56 Å². The van der Waals surface area contributed by atoms with Crippen LogP contribution in [0.4, 0.5) is 5.00 Å². The Kier molecular flexibility index (Phi) is 3.40. The Morgan fingerprint density at radius 3 is 3.05 bits per heavy atom. The Morgan fingerprint density at radius 1 is 1.50 bits per heavy atom. The molecule has 1 aliphatic carbocycles. The molecule has 1 N–H and O–H groups in total. The van der Waals surface area contributed by atoms with E-state index in [-0.39, 0.29) is 24.9 Å². The van der Waals surface area contributed by atoms with Crippen LogP contribution in [0.1, 0.15) is 18.1 Å². The van der Waals surface area contributed by atoms with Crippen molar-refractivity contribution < 1.29 is 14.3 Å². The Morgan fingerprint density at radius 2 is 2.30 bits per heavy atom. The van der Waals surface area contributed by atoms with Crippen LogP contribution in [0.25, 0.3) is 5.57 Å². The van der Waals surface area contributed by atoms with Gasteiger partial charge in [-0.1, -0.05) is 12.2 Å². The van der Waals surface area contributed by atoms with E-state index in [1.54, 1.807) is 0 Å². The van der Waals surface area contributed by atoms with E-state index in [4.69, 9.17) is 9.47 Å². The minimum absolute atomic E-state index is 0.0438. The van der Waals surface area contributed by atoms with E-state index < -0.39 is 0 Å². The lowest BCUT2D eigenvalue weighted by atomic mass is 9.96. The van der Waals surface area contributed by atoms with E-state index in [0.717, 1.165) is 11.1 Å². The van der Waals surface area contributed by atoms with Gasteiger partial charge in [-0.15, -0.1) is 11.3 Å². The van der Waals surface area contributed by atoms with Crippen LogP contribution in [0.3, 0.4) is 0 Å². The summed E-state index contributed by atoms with van der Waals surface area (Å²) in [5.41, 5.74) is 2.21. The molecule has 1 aliphatic heterocycles. The van der Waals surface area contributed by atoms with Crippen molar-refractivity contribution in [1.29, 1.82) is 5.26 Å². The summed E-state index contributed by atoms with van der Waals surface area (Å²) in [4.78, 5) is 11.1. The van der Waals surface area contributed by atoms with Gasteiger partial charge in [0.2, 0.25) is 5.91 Å². The lowest BCUT2D eigenvalue weighted by Crippen LogP contribution is -2.20. The molecule has 1 aromatic rings. The minimum Gasteiger partial charge on any atom is -0.345 e. The second-order valence-corrected chi connectivity index (χ2v) is 5.39. The van der Waals surface area contributed by atoms with Crippen molar-refractivity contribution in [2.24, 2.45) is 0 Å². The number of thiophene rings is 1. The second kappa shape index (κ2) is 5.21. The normalized spacial score (nSPS) is 23.9. The zero-order chi connectivity index (χ0) is 14.1. The van der Waals surface area contributed by atoms with Crippen molar-refractivity contribution in [3.63, 3.8) is 0 Å². The number of fused-ring (bicyclic) bond motifs is 1. The molecule has 2 heterocycles. The van der Waals surface area contributed by atoms with Crippen LogP contribution in [0.2, 0.25) is 0 Å². The molecule has 0 bridgehead atoms. The van der Waals surface area contributed by atoms with Gasteiger partial charge in [-0.25, -0.2) is 0 Å². The number of ether oxygens (including phenoxy) is 2. The Bertz CT molecular complexity index is 654. The van der Waals surface area contributed by atoms with Crippen LogP contribution >= 0.6 is 11.3 Å². The fourth-order valence-electron chi connectivity index (χ4n) is 2.24. The predicted molar refractivity (Wildman–Crippen MR) is 75.1 cm³/mol. The number of allylic oxidation sites excluding steroid dienone is 2. The van der Waals surface area contributed by atoms with Crippen LogP contribution < -0.4 is 5.32 Å². The molecule has 0 radical (unpaired) electrons. The van der Waals surface area contributed by atoms with Crippen molar-refractivity contribution in [3.8, 4) is 6.07 Å². The summed E-state index contributed by atoms with van der Waals surface area (Å²) < 4.78 is 10.8. The molecular formula is C14H12N2O3S. The van der Waals surface area contributed by atoms with Crippen molar-refractivity contribution in [3.05, 3.63) is 34.7 Å². The molecule has 5 nitrogen and oxygen atoms in total. The fraction of sp³-hybridized carbons (Fsp3) is 0.286. The van der Waals surface area contributed by atoms with Gasteiger partial charge >= 0.3 is 0 Å². The maximum atomic E-state index is 11.1. The molecule has 2 unspecified atom stereocenters. The quantitative estimate of drug-likeness (QED) is 0.906. The number of rotatable bonds is 2. The van der Waals surface area contributed by atoms with E-state index in [1.807, 2.05) is 23.6 Å². The molecule has 20 heavy (non-hydrogen) atoms. The van der Waals surface area contributed by atoms with Gasteiger partial charge in [0.1, 0.15) is 30.1 Å². The summed E-state index contributed by atoms with van der Waals surface area (Å²) in [5.74, 6) is -0.185. The van der Waals surface area contributed by atoms with Crippen molar-refractivity contribution >= 4 is 27.8 Å². The summed E-state index contributed by atoms with van der Waals surface area (Å²) in [6.07, 6.45) is 5.67. The molecule has 1 amide bonds. The SMILES string of the molecule is CC(=O)Nc1scc(C2=CC3OCOC3C=C2)c1C#N. The summed E-state index contributed by atoms with van der Waals surface area (Å²) in [5, 5.41) is 14.4. The van der Waals surface area contributed by atoms with Gasteiger partial charge in [-0.05, 0) is 11.6 Å². The van der Waals surface area contributed by atoms with E-state index >= 15 is 0 Å². The van der Waals surface area contributed by atoms with Crippen LogP contribution in [-0.4, -0.2) is 24.9 Å². The van der Waals surface area contributed by atoms with Crippen LogP contribution in [-0.2, 0) is 14.3 Å². The highest BCUT2D eigenvalue weighted by molar-refractivity contribution is 7.14. The third-order valence-corrected chi connectivity index (χ3v) is 4.05. The minimum atomic E-state index is -0.185. The number of amides is 1. The average molecular weight is 288 g/mol. The smallest absolute Gasteiger partial charge is 0.221 e. The molecule has 1 fully saturated rings. The van der Waals surface area contributed by atoms with E-state index in [9.17, 15) is 10.1 Å². The topological polar surface area (TPSA) is 71.3 Å². The van der Waals surface area contributed by atoms with Gasteiger partial charge in [0.15, 0.2) is 0 Å². The lowest BCUT2D eigenvalue weighted by molar-refractivity contribution is -0.114. The number of nitrogens with one attached hydrogen (secondary N) is 1. The van der Waals surface area contributed by atoms with Gasteiger partial charge in [-0.3, -0.25) is 4.79 Å². The average Bonchev–Trinajstić information content (AvgIpc) is 3.02. The summed E-state index contributed by atoms with van der Waals surface area (Å²) in [6.45, 7) is 1.71. The molecule has 2 atom stereocenters. The Hall–Kier alpha value is -1.94. The standard InChI is InChI=1S/C14H12N2O3S/c1-8(17)16-14-10(5-15)11(6-20-14)9-2-3-12-13(4-9)19-7-18-12/h2-4,6,12-13H,7H2,1H3,(H,16,17). The Balaban J connectivity index is 1.95. The third kappa shape index (κ3) is 2.27. The molecule has 0 spiro atoms. The summed E-state index contributed by atoms with van der Waals surface area (Å²) in [6, 6.07) is 2.16. The molecular weight excluding hydrogens is 276 g/mol. The zero-order valence-electron chi connectivity index (χ0n) is 10.8. The molecule has 0 aromatic carbocycles. The number of anilines is 1. The number of carbonyl (C=O) groups is 1. The van der Waals surface area contributed by atoms with Gasteiger partial charge < -0.3 is 14.8 Å². The Labute approximate surface area is 120 Å². The highest BCUT2D eigenvalue weighted by Crippen LogP contribution is 2.35. The fourth-order valence-corrected chi connectivity index (χ4v) is 3.20. The first-order valence-electron chi connectivity index (χ1n) is 6.12. The van der Waals surface area contributed by atoms with Crippen LogP contribution in [0.15, 0.2) is 23.6 Å². The van der Waals surface area contributed by atoms with Crippen molar-refractivity contribution in [1.82, 2.24) is 0 Å². The lowest BCUT2D eigenvalue weighted by Gasteiger charge is -2.16. The van der Waals surface area contributed by atoms with Gasteiger partial charge in [0.25, 0.3) is 0 Å². The van der Waals surface area contributed by atoms with E-state index in [1.165, 1.54) is 18.3 Å². The molecule has 1 aromatic heterocycles. The number of hydrogen-bond donors (Lipinski definition) is 1. The number of carbonyl (C=O) groups excluding carboxylic acids is 1. The maximum Gasteiger partial charge on any atom is 0.221 e. The largest absolute Gasteiger partial charge is 0.345 e. The van der Waals surface area contributed by atoms with Gasteiger partial charge in [0, 0.05) is 17.9 Å². The van der Waals surface area contributed by atoms with Crippen molar-refractivity contribution in [2.75, 3.05) is 12.1 Å². The monoisotopic (exact) mass is 288 g/mol. The predicted octanol–water partition coefficient (Wildman–Crippen LogP) is 2.27. The zero-order valence-corrected chi connectivity index (χ0v) is 11.6. The molecule has 102 valence electrons.